The normalized spacial score (nSPS) is 11.0. The molecule has 1 rings (SSSR count). The lowest BCUT2D eigenvalue weighted by Crippen LogP contribution is -2.09. The van der Waals surface area contributed by atoms with Gasteiger partial charge in [0.1, 0.15) is 0 Å². The molecule has 0 atom stereocenters. The highest BCUT2D eigenvalue weighted by Crippen LogP contribution is 2.10. The van der Waals surface area contributed by atoms with E-state index in [4.69, 9.17) is 0 Å². The Hall–Kier alpha value is -1.55. The summed E-state index contributed by atoms with van der Waals surface area (Å²) in [4.78, 5) is 10.7. The SMILES string of the molecule is COC(=O)/C=C/C=C/NCCc1ccc(Br)cc1. The van der Waals surface area contributed by atoms with Crippen LogP contribution >= 0.6 is 15.9 Å². The third kappa shape index (κ3) is 6.25. The molecule has 18 heavy (non-hydrogen) atoms. The molecule has 4 heteroatoms. The molecule has 0 bridgehead atoms. The van der Waals surface area contributed by atoms with Gasteiger partial charge < -0.3 is 10.1 Å². The van der Waals surface area contributed by atoms with Gasteiger partial charge in [-0.1, -0.05) is 34.1 Å². The van der Waals surface area contributed by atoms with Gasteiger partial charge in [0.25, 0.3) is 0 Å². The number of hydrogen-bond acceptors (Lipinski definition) is 3. The van der Waals surface area contributed by atoms with Crippen molar-refractivity contribution in [1.82, 2.24) is 5.32 Å². The minimum absolute atomic E-state index is 0.352. The molecule has 0 saturated carbocycles. The molecular formula is C14H16BrNO2. The molecule has 0 saturated heterocycles. The second-order valence-electron chi connectivity index (χ2n) is 3.57. The second-order valence-corrected chi connectivity index (χ2v) is 4.49. The molecule has 1 aromatic carbocycles. The van der Waals surface area contributed by atoms with E-state index in [0.29, 0.717) is 0 Å². The van der Waals surface area contributed by atoms with Crippen molar-refractivity contribution in [2.45, 2.75) is 6.42 Å². The zero-order valence-corrected chi connectivity index (χ0v) is 11.8. The number of carbonyl (C=O) groups excluding carboxylic acids is 1. The summed E-state index contributed by atoms with van der Waals surface area (Å²) in [6.07, 6.45) is 7.53. The largest absolute Gasteiger partial charge is 0.466 e. The highest BCUT2D eigenvalue weighted by Gasteiger charge is 1.91. The van der Waals surface area contributed by atoms with Crippen LogP contribution in [-0.4, -0.2) is 19.6 Å². The van der Waals surface area contributed by atoms with Gasteiger partial charge in [0.2, 0.25) is 0 Å². The summed E-state index contributed by atoms with van der Waals surface area (Å²) in [6.45, 7) is 0.851. The summed E-state index contributed by atoms with van der Waals surface area (Å²) in [6, 6.07) is 8.24. The molecule has 0 unspecified atom stereocenters. The third-order valence-corrected chi connectivity index (χ3v) is 2.76. The van der Waals surface area contributed by atoms with Gasteiger partial charge >= 0.3 is 5.97 Å². The number of methoxy groups -OCH3 is 1. The van der Waals surface area contributed by atoms with Crippen molar-refractivity contribution < 1.29 is 9.53 Å². The maximum absolute atomic E-state index is 10.7. The number of ether oxygens (including phenoxy) is 1. The fraction of sp³-hybridized carbons (Fsp3) is 0.214. The van der Waals surface area contributed by atoms with Crippen molar-refractivity contribution in [3.05, 3.63) is 58.7 Å². The number of halogens is 1. The molecular weight excluding hydrogens is 294 g/mol. The molecule has 0 aromatic heterocycles. The molecule has 0 amide bonds. The first kappa shape index (κ1) is 14.5. The smallest absolute Gasteiger partial charge is 0.330 e. The summed E-state index contributed by atoms with van der Waals surface area (Å²) in [5, 5.41) is 3.14. The Morgan fingerprint density at radius 2 is 2.06 bits per heavy atom. The van der Waals surface area contributed by atoms with Crippen LogP contribution in [0.25, 0.3) is 0 Å². The quantitative estimate of drug-likeness (QED) is 0.380. The number of carbonyl (C=O) groups is 1. The van der Waals surface area contributed by atoms with Gasteiger partial charge in [0.15, 0.2) is 0 Å². The van der Waals surface area contributed by atoms with Crippen molar-refractivity contribution in [1.29, 1.82) is 0 Å². The van der Waals surface area contributed by atoms with Crippen molar-refractivity contribution in [2.24, 2.45) is 0 Å². The molecule has 1 aromatic rings. The monoisotopic (exact) mass is 309 g/mol. The Labute approximate surface area is 116 Å². The van der Waals surface area contributed by atoms with Crippen LogP contribution < -0.4 is 5.32 Å². The first-order valence-corrected chi connectivity index (χ1v) is 6.40. The summed E-state index contributed by atoms with van der Waals surface area (Å²) in [5.74, 6) is -0.352. The molecule has 0 spiro atoms. The molecule has 3 nitrogen and oxygen atoms in total. The minimum atomic E-state index is -0.352. The van der Waals surface area contributed by atoms with Crippen molar-refractivity contribution in [2.75, 3.05) is 13.7 Å². The van der Waals surface area contributed by atoms with Crippen LogP contribution in [0.3, 0.4) is 0 Å². The lowest BCUT2D eigenvalue weighted by molar-refractivity contribution is -0.134. The molecule has 0 heterocycles. The number of hydrogen-bond donors (Lipinski definition) is 1. The Morgan fingerprint density at radius 3 is 2.72 bits per heavy atom. The maximum Gasteiger partial charge on any atom is 0.330 e. The number of rotatable bonds is 6. The molecule has 0 fully saturated rings. The molecule has 0 aliphatic carbocycles. The van der Waals surface area contributed by atoms with Crippen molar-refractivity contribution in [3.8, 4) is 0 Å². The second kappa shape index (κ2) is 8.53. The molecule has 0 radical (unpaired) electrons. The highest BCUT2D eigenvalue weighted by molar-refractivity contribution is 9.10. The van der Waals surface area contributed by atoms with E-state index in [9.17, 15) is 4.79 Å². The zero-order valence-electron chi connectivity index (χ0n) is 10.2. The first-order valence-electron chi connectivity index (χ1n) is 5.61. The van der Waals surface area contributed by atoms with Gasteiger partial charge in [-0.05, 0) is 36.4 Å². The van der Waals surface area contributed by atoms with E-state index < -0.39 is 0 Å². The highest BCUT2D eigenvalue weighted by atomic mass is 79.9. The van der Waals surface area contributed by atoms with Gasteiger partial charge in [-0.25, -0.2) is 4.79 Å². The Balaban J connectivity index is 2.18. The Bertz CT molecular complexity index is 424. The average molecular weight is 310 g/mol. The van der Waals surface area contributed by atoms with Gasteiger partial charge in [-0.15, -0.1) is 0 Å². The molecule has 96 valence electrons. The summed E-state index contributed by atoms with van der Waals surface area (Å²) in [7, 11) is 1.35. The topological polar surface area (TPSA) is 38.3 Å². The van der Waals surface area contributed by atoms with E-state index in [2.05, 4.69) is 38.1 Å². The van der Waals surface area contributed by atoms with Crippen molar-refractivity contribution >= 4 is 21.9 Å². The summed E-state index contributed by atoms with van der Waals surface area (Å²) in [5.41, 5.74) is 1.28. The maximum atomic E-state index is 10.7. The lowest BCUT2D eigenvalue weighted by atomic mass is 10.1. The minimum Gasteiger partial charge on any atom is -0.466 e. The predicted molar refractivity (Wildman–Crippen MR) is 76.1 cm³/mol. The van der Waals surface area contributed by atoms with Crippen LogP contribution in [-0.2, 0) is 16.0 Å². The Morgan fingerprint density at radius 1 is 1.33 bits per heavy atom. The van der Waals surface area contributed by atoms with E-state index in [1.807, 2.05) is 12.1 Å². The molecule has 0 aliphatic heterocycles. The first-order chi connectivity index (χ1) is 8.72. The van der Waals surface area contributed by atoms with E-state index in [1.54, 1.807) is 18.4 Å². The van der Waals surface area contributed by atoms with Crippen LogP contribution in [0.5, 0.6) is 0 Å². The summed E-state index contributed by atoms with van der Waals surface area (Å²) >= 11 is 3.40. The van der Waals surface area contributed by atoms with Crippen LogP contribution in [0.2, 0.25) is 0 Å². The third-order valence-electron chi connectivity index (χ3n) is 2.23. The molecule has 0 aliphatic rings. The van der Waals surface area contributed by atoms with E-state index in [1.165, 1.54) is 18.7 Å². The van der Waals surface area contributed by atoms with Crippen LogP contribution in [0.15, 0.2) is 53.2 Å². The Kier molecular flexibility index (Phi) is 6.87. The number of nitrogens with one attached hydrogen (secondary N) is 1. The van der Waals surface area contributed by atoms with E-state index >= 15 is 0 Å². The molecule has 1 N–H and O–H groups in total. The van der Waals surface area contributed by atoms with Crippen LogP contribution in [0.1, 0.15) is 5.56 Å². The van der Waals surface area contributed by atoms with Gasteiger partial charge in [-0.2, -0.15) is 0 Å². The van der Waals surface area contributed by atoms with Gasteiger partial charge in [0.05, 0.1) is 7.11 Å². The van der Waals surface area contributed by atoms with E-state index in [-0.39, 0.29) is 5.97 Å². The van der Waals surface area contributed by atoms with Gasteiger partial charge in [-0.3, -0.25) is 0 Å². The van der Waals surface area contributed by atoms with Crippen molar-refractivity contribution in [3.63, 3.8) is 0 Å². The van der Waals surface area contributed by atoms with Crippen LogP contribution in [0.4, 0.5) is 0 Å². The summed E-state index contributed by atoms with van der Waals surface area (Å²) < 4.78 is 5.55. The van der Waals surface area contributed by atoms with E-state index in [0.717, 1.165) is 17.4 Å². The fourth-order valence-corrected chi connectivity index (χ4v) is 1.54. The number of benzene rings is 1. The fourth-order valence-electron chi connectivity index (χ4n) is 1.28. The van der Waals surface area contributed by atoms with Crippen LogP contribution in [0, 0.1) is 0 Å². The average Bonchev–Trinajstić information content (AvgIpc) is 2.39. The lowest BCUT2D eigenvalue weighted by Gasteiger charge is -2.01. The zero-order chi connectivity index (χ0) is 13.2. The predicted octanol–water partition coefficient (Wildman–Crippen LogP) is 2.82. The number of esters is 1. The number of allylic oxidation sites excluding steroid dienone is 2. The standard InChI is InChI=1S/C14H16BrNO2/c1-18-14(17)4-2-3-10-16-11-9-12-5-7-13(15)8-6-12/h2-8,10,16H,9,11H2,1H3/b4-2+,10-3+. The van der Waals surface area contributed by atoms with Gasteiger partial charge in [0, 0.05) is 17.1 Å².